The summed E-state index contributed by atoms with van der Waals surface area (Å²) in [5.41, 5.74) is 3.97. The lowest BCUT2D eigenvalue weighted by Crippen LogP contribution is -1.94. The van der Waals surface area contributed by atoms with E-state index in [-0.39, 0.29) is 0 Å². The SMILES string of the molecule is CCPCc1cc(C)cc(CPCC)n1. The second kappa shape index (κ2) is 7.31. The molecule has 0 saturated heterocycles. The fourth-order valence-corrected chi connectivity index (χ4v) is 2.88. The number of hydrogen-bond acceptors (Lipinski definition) is 1. The van der Waals surface area contributed by atoms with Gasteiger partial charge in [-0.3, -0.25) is 4.98 Å². The number of hydrogen-bond donors (Lipinski definition) is 0. The summed E-state index contributed by atoms with van der Waals surface area (Å²) in [7, 11) is 2.05. The lowest BCUT2D eigenvalue weighted by molar-refractivity contribution is 1.07. The van der Waals surface area contributed by atoms with Gasteiger partial charge in [-0.25, -0.2) is 0 Å². The molecule has 15 heavy (non-hydrogen) atoms. The average Bonchev–Trinajstić information content (AvgIpc) is 2.23. The Morgan fingerprint density at radius 3 is 1.87 bits per heavy atom. The van der Waals surface area contributed by atoms with E-state index >= 15 is 0 Å². The predicted molar refractivity (Wildman–Crippen MR) is 74.1 cm³/mol. The van der Waals surface area contributed by atoms with E-state index in [4.69, 9.17) is 4.98 Å². The summed E-state index contributed by atoms with van der Waals surface area (Å²) in [5.74, 6) is 0. The van der Waals surface area contributed by atoms with E-state index in [0.29, 0.717) is 0 Å². The van der Waals surface area contributed by atoms with Gasteiger partial charge in [0.2, 0.25) is 0 Å². The molecule has 0 radical (unpaired) electrons. The Kier molecular flexibility index (Phi) is 6.37. The third kappa shape index (κ3) is 5.05. The molecule has 1 nitrogen and oxygen atoms in total. The zero-order chi connectivity index (χ0) is 11.1. The Hall–Kier alpha value is 0.01000. The number of pyridine rings is 1. The maximum Gasteiger partial charge on any atom is 0.0450 e. The molecule has 0 aliphatic rings. The van der Waals surface area contributed by atoms with Crippen molar-refractivity contribution in [1.29, 1.82) is 0 Å². The highest BCUT2D eigenvalue weighted by molar-refractivity contribution is 7.37. The van der Waals surface area contributed by atoms with Crippen molar-refractivity contribution in [3.8, 4) is 0 Å². The summed E-state index contributed by atoms with van der Waals surface area (Å²) in [6, 6.07) is 4.47. The van der Waals surface area contributed by atoms with Crippen LogP contribution in [0.5, 0.6) is 0 Å². The summed E-state index contributed by atoms with van der Waals surface area (Å²) in [5, 5.41) is 0. The first-order valence-electron chi connectivity index (χ1n) is 5.64. The van der Waals surface area contributed by atoms with Gasteiger partial charge >= 0.3 is 0 Å². The van der Waals surface area contributed by atoms with Crippen molar-refractivity contribution in [3.63, 3.8) is 0 Å². The van der Waals surface area contributed by atoms with Crippen LogP contribution in [0.2, 0.25) is 0 Å². The normalized spacial score (nSPS) is 12.2. The summed E-state index contributed by atoms with van der Waals surface area (Å²) in [6.07, 6.45) is 4.89. The minimum Gasteiger partial charge on any atom is -0.257 e. The molecule has 2 unspecified atom stereocenters. The summed E-state index contributed by atoms with van der Waals surface area (Å²) >= 11 is 0. The van der Waals surface area contributed by atoms with Gasteiger partial charge in [-0.1, -0.05) is 13.8 Å². The van der Waals surface area contributed by atoms with Gasteiger partial charge in [-0.15, -0.1) is 17.2 Å². The van der Waals surface area contributed by atoms with E-state index in [1.807, 2.05) is 0 Å². The lowest BCUT2D eigenvalue weighted by Gasteiger charge is -2.06. The van der Waals surface area contributed by atoms with Gasteiger partial charge in [0.15, 0.2) is 0 Å². The molecule has 3 heteroatoms. The molecule has 0 bridgehead atoms. The molecule has 0 aliphatic carbocycles. The second-order valence-corrected chi connectivity index (χ2v) is 6.81. The van der Waals surface area contributed by atoms with Crippen LogP contribution in [-0.4, -0.2) is 17.3 Å². The lowest BCUT2D eigenvalue weighted by atomic mass is 10.2. The molecule has 0 aromatic carbocycles. The van der Waals surface area contributed by atoms with Crippen LogP contribution >= 0.6 is 17.2 Å². The molecule has 1 rings (SSSR count). The minimum absolute atomic E-state index is 1.03. The fraction of sp³-hybridized carbons (Fsp3) is 0.583. The zero-order valence-electron chi connectivity index (χ0n) is 9.93. The largest absolute Gasteiger partial charge is 0.257 e. The molecule has 1 heterocycles. The predicted octanol–water partition coefficient (Wildman–Crippen LogP) is 3.79. The Morgan fingerprint density at radius 1 is 1.00 bits per heavy atom. The molecule has 0 amide bonds. The maximum absolute atomic E-state index is 4.72. The van der Waals surface area contributed by atoms with E-state index in [2.05, 4.69) is 32.9 Å². The van der Waals surface area contributed by atoms with E-state index < -0.39 is 0 Å². The van der Waals surface area contributed by atoms with Crippen molar-refractivity contribution in [2.24, 2.45) is 0 Å². The van der Waals surface area contributed by atoms with Crippen molar-refractivity contribution >= 4 is 17.2 Å². The number of aromatic nitrogens is 1. The van der Waals surface area contributed by atoms with Crippen LogP contribution in [0.15, 0.2) is 12.1 Å². The van der Waals surface area contributed by atoms with Gasteiger partial charge < -0.3 is 0 Å². The summed E-state index contributed by atoms with van der Waals surface area (Å²) in [6.45, 7) is 6.67. The quantitative estimate of drug-likeness (QED) is 0.690. The van der Waals surface area contributed by atoms with E-state index in [0.717, 1.165) is 17.2 Å². The molecule has 1 aromatic heterocycles. The van der Waals surface area contributed by atoms with E-state index in [9.17, 15) is 0 Å². The zero-order valence-corrected chi connectivity index (χ0v) is 11.9. The highest BCUT2D eigenvalue weighted by atomic mass is 31.1. The van der Waals surface area contributed by atoms with E-state index in [1.54, 1.807) is 0 Å². The molecule has 1 aromatic rings. The van der Waals surface area contributed by atoms with Crippen molar-refractivity contribution in [2.75, 3.05) is 12.3 Å². The van der Waals surface area contributed by atoms with Crippen molar-refractivity contribution in [3.05, 3.63) is 29.1 Å². The van der Waals surface area contributed by atoms with Crippen LogP contribution < -0.4 is 0 Å². The summed E-state index contributed by atoms with van der Waals surface area (Å²) in [4.78, 5) is 4.72. The van der Waals surface area contributed by atoms with Gasteiger partial charge in [-0.2, -0.15) is 0 Å². The molecule has 0 N–H and O–H groups in total. The number of nitrogens with zero attached hydrogens (tertiary/aromatic N) is 1. The minimum atomic E-state index is 1.03. The second-order valence-electron chi connectivity index (χ2n) is 3.69. The van der Waals surface area contributed by atoms with Crippen LogP contribution in [0, 0.1) is 6.92 Å². The molecule has 0 saturated carbocycles. The Bertz CT molecular complexity index is 273. The van der Waals surface area contributed by atoms with Crippen LogP contribution in [-0.2, 0) is 12.3 Å². The highest BCUT2D eigenvalue weighted by Crippen LogP contribution is 2.21. The first-order chi connectivity index (χ1) is 7.26. The third-order valence-electron chi connectivity index (χ3n) is 2.19. The average molecular weight is 241 g/mol. The Morgan fingerprint density at radius 2 is 1.47 bits per heavy atom. The van der Waals surface area contributed by atoms with Crippen molar-refractivity contribution < 1.29 is 0 Å². The Labute approximate surface area is 97.0 Å². The van der Waals surface area contributed by atoms with Gasteiger partial charge in [0.25, 0.3) is 0 Å². The monoisotopic (exact) mass is 241 g/mol. The fourth-order valence-electron chi connectivity index (χ4n) is 1.50. The standard InChI is InChI=1S/C12H21NP2/c1-4-14-8-11-6-10(3)7-12(13-11)9-15-5-2/h6-7,14-15H,4-5,8-9H2,1-3H3. The molecule has 0 fully saturated rings. The van der Waals surface area contributed by atoms with Crippen LogP contribution in [0.25, 0.3) is 0 Å². The van der Waals surface area contributed by atoms with Crippen LogP contribution in [0.4, 0.5) is 0 Å². The number of rotatable bonds is 6. The van der Waals surface area contributed by atoms with Gasteiger partial charge in [-0.05, 0) is 36.9 Å². The maximum atomic E-state index is 4.72. The smallest absolute Gasteiger partial charge is 0.0450 e. The molecule has 2 atom stereocenters. The van der Waals surface area contributed by atoms with Gasteiger partial charge in [0, 0.05) is 23.7 Å². The van der Waals surface area contributed by atoms with Crippen molar-refractivity contribution in [2.45, 2.75) is 33.1 Å². The first-order valence-corrected chi connectivity index (χ1v) is 8.47. The van der Waals surface area contributed by atoms with Crippen LogP contribution in [0.1, 0.15) is 30.8 Å². The van der Waals surface area contributed by atoms with E-state index in [1.165, 1.54) is 41.6 Å². The van der Waals surface area contributed by atoms with Gasteiger partial charge in [0.05, 0.1) is 0 Å². The third-order valence-corrected chi connectivity index (χ3v) is 4.41. The molecule has 0 spiro atoms. The summed E-state index contributed by atoms with van der Waals surface area (Å²) < 4.78 is 0. The number of aryl methyl sites for hydroxylation is 1. The topological polar surface area (TPSA) is 12.9 Å². The Balaban J connectivity index is 2.66. The molecule has 0 aliphatic heterocycles. The van der Waals surface area contributed by atoms with Crippen LogP contribution in [0.3, 0.4) is 0 Å². The van der Waals surface area contributed by atoms with Gasteiger partial charge in [0.1, 0.15) is 0 Å². The molecular weight excluding hydrogens is 220 g/mol. The van der Waals surface area contributed by atoms with Crippen molar-refractivity contribution in [1.82, 2.24) is 4.98 Å². The molecule has 84 valence electrons. The highest BCUT2D eigenvalue weighted by Gasteiger charge is 2.00. The molecular formula is C12H21NP2. The first kappa shape index (κ1) is 13.1.